The minimum Gasteiger partial charge on any atom is -0.465 e. The first-order chi connectivity index (χ1) is 7.49. The van der Waals surface area contributed by atoms with Crippen LogP contribution in [0.15, 0.2) is 18.2 Å². The van der Waals surface area contributed by atoms with Crippen LogP contribution >= 0.6 is 15.9 Å². The van der Waals surface area contributed by atoms with Crippen LogP contribution in [0.3, 0.4) is 0 Å². The molecular weight excluding hydrogens is 272 g/mol. The van der Waals surface area contributed by atoms with E-state index in [1.807, 2.05) is 0 Å². The Morgan fingerprint density at radius 2 is 2.00 bits per heavy atom. The van der Waals surface area contributed by atoms with E-state index in [1.165, 1.54) is 7.11 Å². The topological polar surface area (TPSA) is 43.4 Å². The molecule has 16 heavy (non-hydrogen) atoms. The summed E-state index contributed by atoms with van der Waals surface area (Å²) in [6, 6.07) is 5.17. The van der Waals surface area contributed by atoms with Crippen LogP contribution in [0.1, 0.15) is 33.2 Å². The lowest BCUT2D eigenvalue weighted by Gasteiger charge is -2.10. The third-order valence-electron chi connectivity index (χ3n) is 2.29. The van der Waals surface area contributed by atoms with Gasteiger partial charge in [0.2, 0.25) is 0 Å². The number of aryl methyl sites for hydroxylation is 1. The van der Waals surface area contributed by atoms with Crippen molar-refractivity contribution in [2.75, 3.05) is 7.11 Å². The summed E-state index contributed by atoms with van der Waals surface area (Å²) in [6.07, 6.45) is 0. The molecule has 0 bridgehead atoms. The maximum atomic E-state index is 11.9. The van der Waals surface area contributed by atoms with Crippen molar-refractivity contribution in [1.82, 2.24) is 0 Å². The van der Waals surface area contributed by atoms with E-state index in [1.54, 1.807) is 32.0 Å². The fourth-order valence-electron chi connectivity index (χ4n) is 1.46. The molecule has 0 heterocycles. The molecule has 0 aromatic heterocycles. The molecule has 0 radical (unpaired) electrons. The van der Waals surface area contributed by atoms with Crippen LogP contribution in [-0.4, -0.2) is 23.7 Å². The number of benzene rings is 1. The molecule has 0 N–H and O–H groups in total. The van der Waals surface area contributed by atoms with E-state index in [0.29, 0.717) is 11.1 Å². The van der Waals surface area contributed by atoms with Gasteiger partial charge in [-0.05, 0) is 19.4 Å². The predicted molar refractivity (Wildman–Crippen MR) is 65.2 cm³/mol. The van der Waals surface area contributed by atoms with Crippen LogP contribution in [0, 0.1) is 6.92 Å². The van der Waals surface area contributed by atoms with E-state index in [0.717, 1.165) is 5.56 Å². The number of halogens is 1. The fraction of sp³-hybridized carbons (Fsp3) is 0.333. The maximum absolute atomic E-state index is 11.9. The second kappa shape index (κ2) is 5.25. The zero-order valence-corrected chi connectivity index (χ0v) is 11.0. The normalized spacial score (nSPS) is 12.0. The van der Waals surface area contributed by atoms with Gasteiger partial charge >= 0.3 is 5.97 Å². The van der Waals surface area contributed by atoms with E-state index in [4.69, 9.17) is 0 Å². The lowest BCUT2D eigenvalue weighted by Crippen LogP contribution is -2.17. The Morgan fingerprint density at radius 1 is 1.38 bits per heavy atom. The number of alkyl halides is 1. The minimum absolute atomic E-state index is 0.121. The second-order valence-electron chi connectivity index (χ2n) is 3.47. The summed E-state index contributed by atoms with van der Waals surface area (Å²) < 4.78 is 4.68. The van der Waals surface area contributed by atoms with E-state index in [2.05, 4.69) is 20.7 Å². The first kappa shape index (κ1) is 12.9. The molecule has 0 amide bonds. The number of hydrogen-bond donors (Lipinski definition) is 0. The minimum atomic E-state index is -0.477. The quantitative estimate of drug-likeness (QED) is 0.487. The molecule has 0 aliphatic carbocycles. The van der Waals surface area contributed by atoms with Crippen molar-refractivity contribution in [2.24, 2.45) is 0 Å². The van der Waals surface area contributed by atoms with Gasteiger partial charge in [-0.2, -0.15) is 0 Å². The molecule has 1 aromatic rings. The highest BCUT2D eigenvalue weighted by Crippen LogP contribution is 2.19. The van der Waals surface area contributed by atoms with Gasteiger partial charge in [0.05, 0.1) is 17.5 Å². The van der Waals surface area contributed by atoms with Crippen LogP contribution in [0.25, 0.3) is 0 Å². The highest BCUT2D eigenvalue weighted by atomic mass is 79.9. The Morgan fingerprint density at radius 3 is 2.50 bits per heavy atom. The Bertz CT molecular complexity index is 424. The third-order valence-corrected chi connectivity index (χ3v) is 2.70. The highest BCUT2D eigenvalue weighted by Gasteiger charge is 2.21. The molecule has 1 unspecified atom stereocenters. The zero-order chi connectivity index (χ0) is 12.3. The molecular formula is C12H13BrO3. The average Bonchev–Trinajstić information content (AvgIpc) is 2.26. The number of methoxy groups -OCH3 is 1. The molecule has 0 saturated carbocycles. The van der Waals surface area contributed by atoms with Gasteiger partial charge < -0.3 is 4.74 Å². The lowest BCUT2D eigenvalue weighted by molar-refractivity contribution is 0.0596. The molecule has 86 valence electrons. The number of ether oxygens (including phenoxy) is 1. The van der Waals surface area contributed by atoms with Crippen molar-refractivity contribution < 1.29 is 14.3 Å². The summed E-state index contributed by atoms with van der Waals surface area (Å²) in [6.45, 7) is 3.51. The van der Waals surface area contributed by atoms with Gasteiger partial charge in [-0.1, -0.05) is 34.1 Å². The second-order valence-corrected chi connectivity index (χ2v) is 4.84. The number of carbonyl (C=O) groups excluding carboxylic acids is 2. The van der Waals surface area contributed by atoms with Crippen molar-refractivity contribution >= 4 is 27.7 Å². The molecule has 0 fully saturated rings. The monoisotopic (exact) mass is 284 g/mol. The predicted octanol–water partition coefficient (Wildman–Crippen LogP) is 2.75. The summed E-state index contributed by atoms with van der Waals surface area (Å²) in [5, 5.41) is 0. The largest absolute Gasteiger partial charge is 0.465 e. The van der Waals surface area contributed by atoms with Gasteiger partial charge in [0.1, 0.15) is 0 Å². The maximum Gasteiger partial charge on any atom is 0.338 e. The molecule has 1 rings (SSSR count). The van der Waals surface area contributed by atoms with Gasteiger partial charge in [0.15, 0.2) is 5.78 Å². The smallest absolute Gasteiger partial charge is 0.338 e. The standard InChI is InChI=1S/C12H13BrO3/c1-7-5-4-6-9(11(14)8(2)13)10(7)12(15)16-3/h4-6,8H,1-3H3. The van der Waals surface area contributed by atoms with Crippen molar-refractivity contribution in [2.45, 2.75) is 18.7 Å². The van der Waals surface area contributed by atoms with Crippen LogP contribution in [0.4, 0.5) is 0 Å². The molecule has 3 nitrogen and oxygen atoms in total. The number of esters is 1. The Balaban J connectivity index is 3.34. The lowest BCUT2D eigenvalue weighted by atomic mass is 9.98. The molecule has 1 atom stereocenters. The van der Waals surface area contributed by atoms with Gasteiger partial charge in [0.25, 0.3) is 0 Å². The molecule has 0 spiro atoms. The number of rotatable bonds is 3. The number of Topliss-reactive ketones (excluding diaryl/α,β-unsaturated/α-hetero) is 1. The first-order valence-corrected chi connectivity index (χ1v) is 5.76. The SMILES string of the molecule is COC(=O)c1c(C)cccc1C(=O)C(C)Br. The first-order valence-electron chi connectivity index (χ1n) is 4.85. The van der Waals surface area contributed by atoms with Gasteiger partial charge in [-0.3, -0.25) is 4.79 Å². The van der Waals surface area contributed by atoms with E-state index < -0.39 is 5.97 Å². The van der Waals surface area contributed by atoms with Crippen molar-refractivity contribution in [3.8, 4) is 0 Å². The molecule has 1 aromatic carbocycles. The summed E-state index contributed by atoms with van der Waals surface area (Å²) in [5.41, 5.74) is 1.49. The van der Waals surface area contributed by atoms with Gasteiger partial charge in [-0.25, -0.2) is 4.79 Å². The number of ketones is 1. The van der Waals surface area contributed by atoms with E-state index >= 15 is 0 Å². The van der Waals surface area contributed by atoms with Crippen LogP contribution in [0.2, 0.25) is 0 Å². The van der Waals surface area contributed by atoms with Crippen LogP contribution in [-0.2, 0) is 4.74 Å². The van der Waals surface area contributed by atoms with Crippen molar-refractivity contribution in [3.05, 3.63) is 34.9 Å². The highest BCUT2D eigenvalue weighted by molar-refractivity contribution is 9.10. The van der Waals surface area contributed by atoms with Crippen LogP contribution < -0.4 is 0 Å². The summed E-state index contributed by atoms with van der Waals surface area (Å²) in [5.74, 6) is -0.598. The average molecular weight is 285 g/mol. The summed E-state index contributed by atoms with van der Waals surface area (Å²) >= 11 is 3.20. The number of carbonyl (C=O) groups is 2. The summed E-state index contributed by atoms with van der Waals surface area (Å²) in [7, 11) is 1.31. The fourth-order valence-corrected chi connectivity index (χ4v) is 1.71. The molecule has 0 saturated heterocycles. The van der Waals surface area contributed by atoms with E-state index in [-0.39, 0.29) is 10.6 Å². The third kappa shape index (κ3) is 2.50. The Kier molecular flexibility index (Phi) is 4.24. The molecule has 4 heteroatoms. The van der Waals surface area contributed by atoms with Crippen molar-refractivity contribution in [3.63, 3.8) is 0 Å². The zero-order valence-electron chi connectivity index (χ0n) is 9.41. The molecule has 0 aliphatic rings. The Hall–Kier alpha value is -1.16. The summed E-state index contributed by atoms with van der Waals surface area (Å²) in [4.78, 5) is 23.2. The van der Waals surface area contributed by atoms with E-state index in [9.17, 15) is 9.59 Å². The van der Waals surface area contributed by atoms with Crippen LogP contribution in [0.5, 0.6) is 0 Å². The van der Waals surface area contributed by atoms with Gasteiger partial charge in [0, 0.05) is 5.56 Å². The van der Waals surface area contributed by atoms with Gasteiger partial charge in [-0.15, -0.1) is 0 Å². The molecule has 0 aliphatic heterocycles. The van der Waals surface area contributed by atoms with Crippen molar-refractivity contribution in [1.29, 1.82) is 0 Å². The number of hydrogen-bond acceptors (Lipinski definition) is 3. The Labute approximate surface area is 103 Å².